The molecule has 0 radical (unpaired) electrons. The monoisotopic (exact) mass is 354 g/mol. The van der Waals surface area contributed by atoms with Crippen LogP contribution in [0.5, 0.6) is 5.88 Å². The molecule has 1 aromatic heterocycles. The molecule has 0 aromatic carbocycles. The van der Waals surface area contributed by atoms with Crippen LogP contribution in [0.1, 0.15) is 58.4 Å². The third-order valence-electron chi connectivity index (χ3n) is 4.59. The van der Waals surface area contributed by atoms with Crippen LogP contribution in [0.25, 0.3) is 0 Å². The Morgan fingerprint density at radius 3 is 2.48 bits per heavy atom. The van der Waals surface area contributed by atoms with Gasteiger partial charge in [0.05, 0.1) is 0 Å². The Labute approximate surface area is 146 Å². The molecule has 2 saturated heterocycles. The minimum Gasteiger partial charge on any atom is -0.474 e. The third kappa shape index (κ3) is 4.19. The van der Waals surface area contributed by atoms with Gasteiger partial charge < -0.3 is 14.4 Å². The highest BCUT2D eigenvalue weighted by Gasteiger charge is 2.45. The average molecular weight is 354 g/mol. The largest absolute Gasteiger partial charge is 0.474 e. The smallest absolute Gasteiger partial charge is 0.410 e. The second-order valence-electron chi connectivity index (χ2n) is 7.71. The summed E-state index contributed by atoms with van der Waals surface area (Å²) in [6.07, 6.45) is 1.53. The lowest BCUT2D eigenvalue weighted by Crippen LogP contribution is -2.50. The number of fused-ring (bicyclic) bond motifs is 2. The number of halogens is 2. The Morgan fingerprint density at radius 2 is 1.92 bits per heavy atom. The zero-order chi connectivity index (χ0) is 18.2. The predicted molar refractivity (Wildman–Crippen MR) is 87.7 cm³/mol. The first kappa shape index (κ1) is 17.9. The van der Waals surface area contributed by atoms with Crippen molar-refractivity contribution in [3.05, 3.63) is 23.9 Å². The van der Waals surface area contributed by atoms with Gasteiger partial charge in [-0.05, 0) is 39.7 Å². The van der Waals surface area contributed by atoms with E-state index in [1.807, 2.05) is 25.7 Å². The van der Waals surface area contributed by atoms with Crippen molar-refractivity contribution in [3.8, 4) is 5.88 Å². The molecule has 3 heterocycles. The van der Waals surface area contributed by atoms with Gasteiger partial charge in [-0.15, -0.1) is 0 Å². The SMILES string of the molecule is CC(C)(C)OC(=O)N1[C@@H]2CC[C@H]1CC(Oc1cc(C(F)F)ccn1)C2. The fourth-order valence-electron chi connectivity index (χ4n) is 3.63. The standard InChI is InChI=1S/C18H24F2N2O3/c1-18(2,3)25-17(23)22-12-4-5-13(22)10-14(9-12)24-15-8-11(16(19)20)6-7-21-15/h6-8,12-14,16H,4-5,9-10H2,1-3H3/t12-,13+,14?. The van der Waals surface area contributed by atoms with Gasteiger partial charge in [0.25, 0.3) is 6.43 Å². The van der Waals surface area contributed by atoms with Gasteiger partial charge in [0.2, 0.25) is 5.88 Å². The summed E-state index contributed by atoms with van der Waals surface area (Å²) in [6.45, 7) is 5.55. The first-order chi connectivity index (χ1) is 11.7. The van der Waals surface area contributed by atoms with Crippen molar-refractivity contribution in [2.24, 2.45) is 0 Å². The quantitative estimate of drug-likeness (QED) is 0.811. The van der Waals surface area contributed by atoms with Crippen LogP contribution in [0, 0.1) is 0 Å². The lowest BCUT2D eigenvalue weighted by atomic mass is 10.0. The van der Waals surface area contributed by atoms with Gasteiger partial charge in [-0.3, -0.25) is 0 Å². The molecule has 0 spiro atoms. The van der Waals surface area contributed by atoms with E-state index < -0.39 is 12.0 Å². The summed E-state index contributed by atoms with van der Waals surface area (Å²) in [5, 5.41) is 0. The van der Waals surface area contributed by atoms with Crippen molar-refractivity contribution in [2.75, 3.05) is 0 Å². The van der Waals surface area contributed by atoms with Crippen LogP contribution < -0.4 is 4.74 Å². The van der Waals surface area contributed by atoms with Gasteiger partial charge in [-0.2, -0.15) is 0 Å². The maximum atomic E-state index is 12.8. The van der Waals surface area contributed by atoms with Gasteiger partial charge in [-0.25, -0.2) is 18.6 Å². The number of ether oxygens (including phenoxy) is 2. The molecule has 2 aliphatic rings. The normalized spacial score (nSPS) is 26.0. The number of rotatable bonds is 3. The van der Waals surface area contributed by atoms with E-state index >= 15 is 0 Å². The molecular weight excluding hydrogens is 330 g/mol. The number of carbonyl (C=O) groups excluding carboxylic acids is 1. The molecule has 0 aliphatic carbocycles. The van der Waals surface area contributed by atoms with Crippen molar-refractivity contribution < 1.29 is 23.0 Å². The number of hydrogen-bond donors (Lipinski definition) is 0. The van der Waals surface area contributed by atoms with Gasteiger partial charge in [0.1, 0.15) is 11.7 Å². The molecule has 2 aliphatic heterocycles. The van der Waals surface area contributed by atoms with E-state index in [2.05, 4.69) is 4.98 Å². The Hall–Kier alpha value is -1.92. The molecule has 3 rings (SSSR count). The molecule has 0 N–H and O–H groups in total. The highest BCUT2D eigenvalue weighted by molar-refractivity contribution is 5.69. The Bertz CT molecular complexity index is 619. The van der Waals surface area contributed by atoms with Crippen LogP contribution in [-0.4, -0.2) is 39.8 Å². The van der Waals surface area contributed by atoms with Crippen molar-refractivity contribution in [2.45, 2.75) is 76.7 Å². The molecule has 1 aromatic rings. The van der Waals surface area contributed by atoms with E-state index in [0.717, 1.165) is 12.8 Å². The molecule has 25 heavy (non-hydrogen) atoms. The Balaban J connectivity index is 1.64. The first-order valence-electron chi connectivity index (χ1n) is 8.65. The van der Waals surface area contributed by atoms with Crippen LogP contribution in [0.4, 0.5) is 13.6 Å². The molecule has 7 heteroatoms. The summed E-state index contributed by atoms with van der Waals surface area (Å²) in [5.74, 6) is 0.216. The minimum absolute atomic E-state index is 0.0666. The van der Waals surface area contributed by atoms with E-state index in [4.69, 9.17) is 9.47 Å². The number of nitrogens with zero attached hydrogens (tertiary/aromatic N) is 2. The number of alkyl halides is 2. The van der Waals surface area contributed by atoms with Crippen LogP contribution >= 0.6 is 0 Å². The number of piperidine rings is 1. The maximum absolute atomic E-state index is 12.8. The van der Waals surface area contributed by atoms with E-state index in [9.17, 15) is 13.6 Å². The van der Waals surface area contributed by atoms with Crippen molar-refractivity contribution >= 4 is 6.09 Å². The second kappa shape index (κ2) is 6.77. The molecule has 2 fully saturated rings. The van der Waals surface area contributed by atoms with Crippen LogP contribution in [0.15, 0.2) is 18.3 Å². The second-order valence-corrected chi connectivity index (χ2v) is 7.71. The summed E-state index contributed by atoms with van der Waals surface area (Å²) in [4.78, 5) is 18.3. The van der Waals surface area contributed by atoms with Crippen LogP contribution in [-0.2, 0) is 4.74 Å². The van der Waals surface area contributed by atoms with E-state index in [1.54, 1.807) is 0 Å². The maximum Gasteiger partial charge on any atom is 0.410 e. The first-order valence-corrected chi connectivity index (χ1v) is 8.65. The predicted octanol–water partition coefficient (Wildman–Crippen LogP) is 4.33. The van der Waals surface area contributed by atoms with Gasteiger partial charge in [0.15, 0.2) is 0 Å². The zero-order valence-corrected chi connectivity index (χ0v) is 14.7. The minimum atomic E-state index is -2.55. The number of pyridine rings is 1. The highest BCUT2D eigenvalue weighted by atomic mass is 19.3. The fourth-order valence-corrected chi connectivity index (χ4v) is 3.63. The summed E-state index contributed by atoms with van der Waals surface area (Å²) in [6, 6.07) is 2.70. The highest BCUT2D eigenvalue weighted by Crippen LogP contribution is 2.38. The number of aromatic nitrogens is 1. The number of hydrogen-bond acceptors (Lipinski definition) is 4. The number of amides is 1. The van der Waals surface area contributed by atoms with Crippen molar-refractivity contribution in [1.82, 2.24) is 9.88 Å². The summed E-state index contributed by atoms with van der Waals surface area (Å²) >= 11 is 0. The molecule has 138 valence electrons. The Kier molecular flexibility index (Phi) is 4.84. The van der Waals surface area contributed by atoms with Gasteiger partial charge >= 0.3 is 6.09 Å². The number of carbonyl (C=O) groups is 1. The van der Waals surface area contributed by atoms with Gasteiger partial charge in [0, 0.05) is 42.8 Å². The average Bonchev–Trinajstić information content (AvgIpc) is 2.77. The molecule has 3 atom stereocenters. The molecular formula is C18H24F2N2O3. The zero-order valence-electron chi connectivity index (χ0n) is 14.7. The van der Waals surface area contributed by atoms with Crippen LogP contribution in [0.2, 0.25) is 0 Å². The van der Waals surface area contributed by atoms with E-state index in [0.29, 0.717) is 12.8 Å². The van der Waals surface area contributed by atoms with E-state index in [-0.39, 0.29) is 35.7 Å². The van der Waals surface area contributed by atoms with Gasteiger partial charge in [-0.1, -0.05) is 0 Å². The molecule has 1 amide bonds. The topological polar surface area (TPSA) is 51.7 Å². The van der Waals surface area contributed by atoms with Crippen molar-refractivity contribution in [3.63, 3.8) is 0 Å². The molecule has 5 nitrogen and oxygen atoms in total. The van der Waals surface area contributed by atoms with Crippen molar-refractivity contribution in [1.29, 1.82) is 0 Å². The van der Waals surface area contributed by atoms with E-state index in [1.165, 1.54) is 18.3 Å². The lowest BCUT2D eigenvalue weighted by Gasteiger charge is -2.39. The molecule has 1 unspecified atom stereocenters. The third-order valence-corrected chi connectivity index (χ3v) is 4.59. The summed E-state index contributed by atoms with van der Waals surface area (Å²) in [7, 11) is 0. The molecule has 2 bridgehead atoms. The Morgan fingerprint density at radius 1 is 1.28 bits per heavy atom. The fraction of sp³-hybridized carbons (Fsp3) is 0.667. The van der Waals surface area contributed by atoms with Crippen LogP contribution in [0.3, 0.4) is 0 Å². The lowest BCUT2D eigenvalue weighted by molar-refractivity contribution is -0.00766. The summed E-state index contributed by atoms with van der Waals surface area (Å²) in [5.41, 5.74) is -0.622. The summed E-state index contributed by atoms with van der Waals surface area (Å²) < 4.78 is 36.9. The molecule has 0 saturated carbocycles.